The van der Waals surface area contributed by atoms with Crippen molar-refractivity contribution in [3.05, 3.63) is 12.2 Å². The lowest BCUT2D eigenvalue weighted by Gasteiger charge is -2.03. The van der Waals surface area contributed by atoms with Crippen molar-refractivity contribution in [2.75, 3.05) is 0 Å². The molecule has 0 rings (SSSR count). The number of hydrogen-bond donors (Lipinski definition) is 3. The highest BCUT2D eigenvalue weighted by Crippen LogP contribution is 2.01. The van der Waals surface area contributed by atoms with E-state index < -0.39 is 23.6 Å². The number of aliphatic carboxylic acids is 2. The van der Waals surface area contributed by atoms with Crippen LogP contribution in [0.15, 0.2) is 12.2 Å². The number of allylic oxidation sites excluding steroid dienone is 1. The lowest BCUT2D eigenvalue weighted by Crippen LogP contribution is -2.27. The van der Waals surface area contributed by atoms with Crippen LogP contribution in [0.1, 0.15) is 0 Å². The molecule has 0 aliphatic rings. The van der Waals surface area contributed by atoms with Crippen LogP contribution in [-0.4, -0.2) is 34.1 Å². The second kappa shape index (κ2) is 4.81. The van der Waals surface area contributed by atoms with Gasteiger partial charge in [-0.25, -0.2) is 4.79 Å². The van der Waals surface area contributed by atoms with Crippen LogP contribution in [0.2, 0.25) is 0 Å². The van der Waals surface area contributed by atoms with E-state index in [4.69, 9.17) is 15.6 Å². The molecule has 3 N–H and O–H groups in total. The second-order valence-electron chi connectivity index (χ2n) is 2.06. The van der Waals surface area contributed by atoms with Crippen molar-refractivity contribution in [3.8, 4) is 0 Å². The topological polar surface area (TPSA) is 116 Å². The summed E-state index contributed by atoms with van der Waals surface area (Å²) >= 11 is 0. The number of aldehydes is 1. The molecule has 6 heteroatoms. The molecule has 6 nitrogen and oxygen atoms in total. The van der Waals surface area contributed by atoms with Crippen LogP contribution < -0.4 is 0 Å². The van der Waals surface area contributed by atoms with Crippen molar-refractivity contribution in [1.82, 2.24) is 0 Å². The summed E-state index contributed by atoms with van der Waals surface area (Å²) in [5, 5.41) is 23.6. The fourth-order valence-electron chi connectivity index (χ4n) is 0.592. The predicted octanol–water partition coefficient (Wildman–Crippen LogP) is -0.453. The molecule has 0 aromatic carbocycles. The minimum Gasteiger partial charge on any atom is -0.481 e. The quantitative estimate of drug-likeness (QED) is 0.304. The normalized spacial score (nSPS) is 12.3. The van der Waals surface area contributed by atoms with Gasteiger partial charge in [0.15, 0.2) is 0 Å². The summed E-state index contributed by atoms with van der Waals surface area (Å²) in [6, 6.07) is 0. The number of hydrogen-bond acceptors (Lipinski definition) is 4. The van der Waals surface area contributed by atoms with E-state index in [9.17, 15) is 14.4 Å². The predicted molar refractivity (Wildman–Crippen MR) is 41.7 cm³/mol. The average Bonchev–Trinajstić information content (AvgIpc) is 2.04. The molecule has 0 fully saturated rings. The molecule has 0 aromatic heterocycles. The van der Waals surface area contributed by atoms with E-state index in [2.05, 4.69) is 0 Å². The SMILES string of the molecule is N=C(C(=O)O)C(C=CC=O)C(=O)O. The molecule has 0 saturated heterocycles. The van der Waals surface area contributed by atoms with Crippen LogP contribution in [0.3, 0.4) is 0 Å². The number of carboxylic acids is 2. The van der Waals surface area contributed by atoms with Gasteiger partial charge >= 0.3 is 11.9 Å². The van der Waals surface area contributed by atoms with E-state index in [1.54, 1.807) is 0 Å². The highest BCUT2D eigenvalue weighted by Gasteiger charge is 2.24. The van der Waals surface area contributed by atoms with Gasteiger partial charge in [-0.15, -0.1) is 0 Å². The molecule has 0 aromatic rings. The zero-order valence-electron chi connectivity index (χ0n) is 6.43. The second-order valence-corrected chi connectivity index (χ2v) is 2.06. The summed E-state index contributed by atoms with van der Waals surface area (Å²) in [5.74, 6) is -4.68. The number of carboxylic acid groups (broad SMARTS) is 2. The van der Waals surface area contributed by atoms with E-state index in [1.807, 2.05) is 0 Å². The van der Waals surface area contributed by atoms with E-state index in [0.717, 1.165) is 12.2 Å². The first-order chi connectivity index (χ1) is 6.00. The standard InChI is InChI=1S/C7H7NO5/c8-5(7(12)13)4(6(10)11)2-1-3-9/h1-4,8H,(H,10,11)(H,12,13). The summed E-state index contributed by atoms with van der Waals surface area (Å²) in [5.41, 5.74) is -0.981. The Balaban J connectivity index is 4.71. The molecule has 1 atom stereocenters. The molecule has 0 amide bonds. The van der Waals surface area contributed by atoms with Crippen molar-refractivity contribution in [2.24, 2.45) is 5.92 Å². The van der Waals surface area contributed by atoms with Crippen LogP contribution in [-0.2, 0) is 14.4 Å². The molecular weight excluding hydrogens is 178 g/mol. The van der Waals surface area contributed by atoms with Gasteiger partial charge in [0.25, 0.3) is 0 Å². The van der Waals surface area contributed by atoms with E-state index in [0.29, 0.717) is 6.29 Å². The maximum Gasteiger partial charge on any atom is 0.350 e. The Labute approximate surface area is 73.0 Å². The van der Waals surface area contributed by atoms with Crippen molar-refractivity contribution in [2.45, 2.75) is 0 Å². The van der Waals surface area contributed by atoms with Crippen LogP contribution in [0, 0.1) is 11.3 Å². The zero-order valence-corrected chi connectivity index (χ0v) is 6.43. The highest BCUT2D eigenvalue weighted by atomic mass is 16.4. The van der Waals surface area contributed by atoms with Crippen LogP contribution in [0.4, 0.5) is 0 Å². The Morgan fingerprint density at radius 1 is 1.31 bits per heavy atom. The Bertz CT molecular complexity index is 281. The fraction of sp³-hybridized carbons (Fsp3) is 0.143. The van der Waals surface area contributed by atoms with Gasteiger partial charge in [-0.3, -0.25) is 15.0 Å². The first kappa shape index (κ1) is 11.0. The Morgan fingerprint density at radius 2 is 1.85 bits per heavy atom. The molecule has 1 unspecified atom stereocenters. The average molecular weight is 185 g/mol. The highest BCUT2D eigenvalue weighted by molar-refractivity contribution is 6.39. The number of rotatable bonds is 5. The largest absolute Gasteiger partial charge is 0.481 e. The van der Waals surface area contributed by atoms with Gasteiger partial charge in [0.2, 0.25) is 0 Å². The Morgan fingerprint density at radius 3 is 2.15 bits per heavy atom. The van der Waals surface area contributed by atoms with Crippen molar-refractivity contribution < 1.29 is 24.6 Å². The third-order valence-corrected chi connectivity index (χ3v) is 1.19. The third kappa shape index (κ3) is 3.28. The summed E-state index contributed by atoms with van der Waals surface area (Å²) in [6.45, 7) is 0. The molecule has 0 heterocycles. The van der Waals surface area contributed by atoms with E-state index >= 15 is 0 Å². The van der Waals surface area contributed by atoms with Gasteiger partial charge in [0, 0.05) is 0 Å². The maximum atomic E-state index is 10.4. The van der Waals surface area contributed by atoms with Crippen molar-refractivity contribution in [1.29, 1.82) is 5.41 Å². The Kier molecular flexibility index (Phi) is 4.08. The first-order valence-electron chi connectivity index (χ1n) is 3.17. The number of carbonyl (C=O) groups excluding carboxylic acids is 1. The van der Waals surface area contributed by atoms with Crippen LogP contribution >= 0.6 is 0 Å². The molecule has 0 spiro atoms. The Hall–Kier alpha value is -1.98. The summed E-state index contributed by atoms with van der Waals surface area (Å²) in [7, 11) is 0. The van der Waals surface area contributed by atoms with Gasteiger partial charge in [-0.2, -0.15) is 0 Å². The molecule has 0 aliphatic carbocycles. The number of carbonyl (C=O) groups is 3. The monoisotopic (exact) mass is 185 g/mol. The summed E-state index contributed by atoms with van der Waals surface area (Å²) in [6.07, 6.45) is 1.99. The molecule has 0 aliphatic heterocycles. The van der Waals surface area contributed by atoms with Gasteiger partial charge < -0.3 is 10.2 Å². The molecule has 0 saturated carbocycles. The lowest BCUT2D eigenvalue weighted by molar-refractivity contribution is -0.139. The van der Waals surface area contributed by atoms with Crippen LogP contribution in [0.25, 0.3) is 0 Å². The van der Waals surface area contributed by atoms with Gasteiger partial charge in [-0.05, 0) is 6.08 Å². The summed E-state index contributed by atoms with van der Waals surface area (Å²) in [4.78, 5) is 30.4. The zero-order chi connectivity index (χ0) is 10.4. The third-order valence-electron chi connectivity index (χ3n) is 1.19. The molecule has 0 bridgehead atoms. The van der Waals surface area contributed by atoms with E-state index in [1.165, 1.54) is 0 Å². The lowest BCUT2D eigenvalue weighted by atomic mass is 10.0. The molecule has 70 valence electrons. The minimum absolute atomic E-state index is 0.311. The number of nitrogens with one attached hydrogen (secondary N) is 1. The smallest absolute Gasteiger partial charge is 0.350 e. The minimum atomic E-state index is -1.62. The fourth-order valence-corrected chi connectivity index (χ4v) is 0.592. The van der Waals surface area contributed by atoms with Crippen molar-refractivity contribution >= 4 is 23.9 Å². The maximum absolute atomic E-state index is 10.4. The van der Waals surface area contributed by atoms with E-state index in [-0.39, 0.29) is 0 Å². The van der Waals surface area contributed by atoms with Gasteiger partial charge in [0.1, 0.15) is 17.9 Å². The van der Waals surface area contributed by atoms with Crippen molar-refractivity contribution in [3.63, 3.8) is 0 Å². The summed E-state index contributed by atoms with van der Waals surface area (Å²) < 4.78 is 0. The van der Waals surface area contributed by atoms with Gasteiger partial charge in [0.05, 0.1) is 0 Å². The van der Waals surface area contributed by atoms with Gasteiger partial charge in [-0.1, -0.05) is 6.08 Å². The first-order valence-corrected chi connectivity index (χ1v) is 3.17. The molecule has 13 heavy (non-hydrogen) atoms. The van der Waals surface area contributed by atoms with Crippen LogP contribution in [0.5, 0.6) is 0 Å². The molecular formula is C7H7NO5. The molecule has 0 radical (unpaired) electrons.